The predicted octanol–water partition coefficient (Wildman–Crippen LogP) is 4.58. The van der Waals surface area contributed by atoms with Gasteiger partial charge in [0.25, 0.3) is 0 Å². The summed E-state index contributed by atoms with van der Waals surface area (Å²) in [6.07, 6.45) is 7.69. The minimum atomic E-state index is -0.0900. The molecular formula is C20H31NO2. The van der Waals surface area contributed by atoms with E-state index in [4.69, 9.17) is 4.74 Å². The number of rotatable bonds is 8. The number of ether oxygens (including phenoxy) is 1. The Kier molecular flexibility index (Phi) is 7.60. The molecule has 1 aliphatic rings. The maximum atomic E-state index is 12.6. The third kappa shape index (κ3) is 5.98. The van der Waals surface area contributed by atoms with Crippen LogP contribution in [0.15, 0.2) is 30.3 Å². The van der Waals surface area contributed by atoms with Crippen LogP contribution < -0.4 is 0 Å². The van der Waals surface area contributed by atoms with Crippen molar-refractivity contribution in [2.45, 2.75) is 58.0 Å². The smallest absolute Gasteiger partial charge is 0.310 e. The summed E-state index contributed by atoms with van der Waals surface area (Å²) >= 11 is 0. The van der Waals surface area contributed by atoms with Crippen molar-refractivity contribution in [3.05, 3.63) is 35.9 Å². The SMILES string of the molecule is CCCCCCC(OC(=O)C1CCCN(C)C1)c1ccccc1. The molecule has 1 fully saturated rings. The molecule has 1 heterocycles. The van der Waals surface area contributed by atoms with E-state index in [-0.39, 0.29) is 18.0 Å². The van der Waals surface area contributed by atoms with Crippen LogP contribution in [0.2, 0.25) is 0 Å². The van der Waals surface area contributed by atoms with Crippen molar-refractivity contribution in [2.75, 3.05) is 20.1 Å². The second-order valence-electron chi connectivity index (χ2n) is 6.79. The van der Waals surface area contributed by atoms with Gasteiger partial charge in [0, 0.05) is 6.54 Å². The zero-order valence-corrected chi connectivity index (χ0v) is 14.7. The van der Waals surface area contributed by atoms with Crippen LogP contribution in [-0.2, 0) is 9.53 Å². The first-order valence-electron chi connectivity index (χ1n) is 9.14. The van der Waals surface area contributed by atoms with E-state index in [1.54, 1.807) is 0 Å². The highest BCUT2D eigenvalue weighted by Crippen LogP contribution is 2.27. The summed E-state index contributed by atoms with van der Waals surface area (Å²) in [4.78, 5) is 14.8. The lowest BCUT2D eigenvalue weighted by Crippen LogP contribution is -2.37. The van der Waals surface area contributed by atoms with Gasteiger partial charge >= 0.3 is 5.97 Å². The van der Waals surface area contributed by atoms with Crippen molar-refractivity contribution in [2.24, 2.45) is 5.92 Å². The molecule has 2 rings (SSSR count). The Morgan fingerprint density at radius 3 is 2.74 bits per heavy atom. The molecule has 0 aromatic heterocycles. The van der Waals surface area contributed by atoms with Gasteiger partial charge in [-0.25, -0.2) is 0 Å². The number of hydrogen-bond acceptors (Lipinski definition) is 3. The number of nitrogens with zero attached hydrogens (tertiary/aromatic N) is 1. The number of carbonyl (C=O) groups is 1. The normalized spacial score (nSPS) is 20.2. The average molecular weight is 317 g/mol. The summed E-state index contributed by atoms with van der Waals surface area (Å²) < 4.78 is 5.94. The Morgan fingerprint density at radius 1 is 1.26 bits per heavy atom. The third-order valence-corrected chi connectivity index (χ3v) is 4.71. The van der Waals surface area contributed by atoms with E-state index in [9.17, 15) is 4.79 Å². The molecule has 0 bridgehead atoms. The summed E-state index contributed by atoms with van der Waals surface area (Å²) in [7, 11) is 2.08. The fourth-order valence-electron chi connectivity index (χ4n) is 3.31. The van der Waals surface area contributed by atoms with E-state index in [1.165, 1.54) is 19.3 Å². The maximum absolute atomic E-state index is 12.6. The van der Waals surface area contributed by atoms with Gasteiger partial charge in [0.1, 0.15) is 6.10 Å². The fraction of sp³-hybridized carbons (Fsp3) is 0.650. The molecule has 1 aromatic rings. The van der Waals surface area contributed by atoms with Crippen LogP contribution in [0.25, 0.3) is 0 Å². The predicted molar refractivity (Wildman–Crippen MR) is 94.3 cm³/mol. The molecule has 3 heteroatoms. The van der Waals surface area contributed by atoms with Gasteiger partial charge in [0.2, 0.25) is 0 Å². The number of hydrogen-bond donors (Lipinski definition) is 0. The van der Waals surface area contributed by atoms with Gasteiger partial charge in [-0.2, -0.15) is 0 Å². The third-order valence-electron chi connectivity index (χ3n) is 4.71. The van der Waals surface area contributed by atoms with Gasteiger partial charge < -0.3 is 9.64 Å². The number of benzene rings is 1. The van der Waals surface area contributed by atoms with Gasteiger partial charge in [-0.05, 0) is 44.8 Å². The zero-order chi connectivity index (χ0) is 16.5. The van der Waals surface area contributed by atoms with Crippen LogP contribution in [0.3, 0.4) is 0 Å². The van der Waals surface area contributed by atoms with E-state index < -0.39 is 0 Å². The minimum Gasteiger partial charge on any atom is -0.457 e. The molecule has 0 amide bonds. The Bertz CT molecular complexity index is 460. The Morgan fingerprint density at radius 2 is 2.04 bits per heavy atom. The molecule has 128 valence electrons. The second kappa shape index (κ2) is 9.71. The van der Waals surface area contributed by atoms with E-state index >= 15 is 0 Å². The summed E-state index contributed by atoms with van der Waals surface area (Å²) in [5.41, 5.74) is 1.13. The van der Waals surface area contributed by atoms with Crippen LogP contribution in [0, 0.1) is 5.92 Å². The monoisotopic (exact) mass is 317 g/mol. The highest BCUT2D eigenvalue weighted by molar-refractivity contribution is 5.73. The zero-order valence-electron chi connectivity index (χ0n) is 14.7. The van der Waals surface area contributed by atoms with Crippen LogP contribution >= 0.6 is 0 Å². The molecule has 0 saturated carbocycles. The van der Waals surface area contributed by atoms with Gasteiger partial charge in [0.15, 0.2) is 0 Å². The van der Waals surface area contributed by atoms with E-state index in [0.717, 1.165) is 44.3 Å². The molecule has 2 unspecified atom stereocenters. The number of esters is 1. The number of piperidine rings is 1. The Balaban J connectivity index is 1.94. The number of unbranched alkanes of at least 4 members (excludes halogenated alkanes) is 3. The summed E-state index contributed by atoms with van der Waals surface area (Å²) in [6, 6.07) is 10.2. The summed E-state index contributed by atoms with van der Waals surface area (Å²) in [5.74, 6) is 0.0245. The maximum Gasteiger partial charge on any atom is 0.310 e. The fourth-order valence-corrected chi connectivity index (χ4v) is 3.31. The highest BCUT2D eigenvalue weighted by atomic mass is 16.5. The molecule has 1 aromatic carbocycles. The molecular weight excluding hydrogens is 286 g/mol. The first-order chi connectivity index (χ1) is 11.2. The van der Waals surface area contributed by atoms with Gasteiger partial charge in [-0.3, -0.25) is 4.79 Å². The molecule has 0 spiro atoms. The summed E-state index contributed by atoms with van der Waals surface area (Å²) in [5, 5.41) is 0. The van der Waals surface area contributed by atoms with E-state index in [0.29, 0.717) is 0 Å². The Hall–Kier alpha value is -1.35. The first-order valence-corrected chi connectivity index (χ1v) is 9.14. The standard InChI is InChI=1S/C20H31NO2/c1-3-4-5-9-14-19(17-11-7-6-8-12-17)23-20(22)18-13-10-15-21(2)16-18/h6-8,11-12,18-19H,3-5,9-10,13-16H2,1-2H3. The quantitative estimate of drug-likeness (QED) is 0.519. The molecule has 0 aliphatic carbocycles. The molecule has 0 N–H and O–H groups in total. The van der Waals surface area contributed by atoms with Crippen molar-refractivity contribution in [1.29, 1.82) is 0 Å². The van der Waals surface area contributed by atoms with Crippen LogP contribution in [0.5, 0.6) is 0 Å². The van der Waals surface area contributed by atoms with Gasteiger partial charge in [-0.15, -0.1) is 0 Å². The molecule has 23 heavy (non-hydrogen) atoms. The van der Waals surface area contributed by atoms with Crippen LogP contribution in [0.1, 0.15) is 63.5 Å². The van der Waals surface area contributed by atoms with Gasteiger partial charge in [-0.1, -0.05) is 56.5 Å². The van der Waals surface area contributed by atoms with Crippen LogP contribution in [0.4, 0.5) is 0 Å². The molecule has 1 aliphatic heterocycles. The van der Waals surface area contributed by atoms with E-state index in [2.05, 4.69) is 31.0 Å². The van der Waals surface area contributed by atoms with E-state index in [1.807, 2.05) is 18.2 Å². The van der Waals surface area contributed by atoms with Crippen LogP contribution in [-0.4, -0.2) is 31.0 Å². The molecule has 2 atom stereocenters. The van der Waals surface area contributed by atoms with Crippen molar-refractivity contribution in [1.82, 2.24) is 4.90 Å². The largest absolute Gasteiger partial charge is 0.457 e. The highest BCUT2D eigenvalue weighted by Gasteiger charge is 2.27. The number of carbonyl (C=O) groups excluding carboxylic acids is 1. The molecule has 0 radical (unpaired) electrons. The number of likely N-dealkylation sites (tertiary alicyclic amines) is 1. The minimum absolute atomic E-state index is 0.0131. The molecule has 1 saturated heterocycles. The van der Waals surface area contributed by atoms with Gasteiger partial charge in [0.05, 0.1) is 5.92 Å². The lowest BCUT2D eigenvalue weighted by molar-refractivity contribution is -0.156. The van der Waals surface area contributed by atoms with Crippen molar-refractivity contribution < 1.29 is 9.53 Å². The lowest BCUT2D eigenvalue weighted by Gasteiger charge is -2.29. The first kappa shape index (κ1) is 18.0. The summed E-state index contributed by atoms with van der Waals surface area (Å²) in [6.45, 7) is 4.13. The van der Waals surface area contributed by atoms with Crippen molar-refractivity contribution in [3.63, 3.8) is 0 Å². The average Bonchev–Trinajstić information content (AvgIpc) is 2.58. The molecule has 3 nitrogen and oxygen atoms in total. The second-order valence-corrected chi connectivity index (χ2v) is 6.79. The lowest BCUT2D eigenvalue weighted by atomic mass is 9.98. The topological polar surface area (TPSA) is 29.5 Å². The van der Waals surface area contributed by atoms with Crippen molar-refractivity contribution in [3.8, 4) is 0 Å². The Labute approximate surface area is 141 Å². The van der Waals surface area contributed by atoms with Crippen molar-refractivity contribution >= 4 is 5.97 Å².